The molecule has 1 aromatic heterocycles. The molecule has 4 nitrogen and oxygen atoms in total. The van der Waals surface area contributed by atoms with E-state index in [-0.39, 0.29) is 6.42 Å². The molecule has 2 aromatic rings. The number of methoxy groups -OCH3 is 1. The Kier molecular flexibility index (Phi) is 2.92. The van der Waals surface area contributed by atoms with Crippen LogP contribution in [0.25, 0.3) is 10.9 Å². The maximum absolute atomic E-state index is 11.1. The maximum Gasteiger partial charge on any atom is 0.308 e. The van der Waals surface area contributed by atoms with Crippen LogP contribution in [0.5, 0.6) is 0 Å². The number of aliphatic hydroxyl groups is 1. The summed E-state index contributed by atoms with van der Waals surface area (Å²) < 4.78 is 4.52. The minimum absolute atomic E-state index is 0.0294. The molecule has 0 saturated carbocycles. The van der Waals surface area contributed by atoms with Crippen molar-refractivity contribution < 1.29 is 14.6 Å². The van der Waals surface area contributed by atoms with Crippen molar-refractivity contribution in [2.75, 3.05) is 7.11 Å². The van der Waals surface area contributed by atoms with Crippen LogP contribution in [-0.4, -0.2) is 23.2 Å². The Morgan fingerprint density at radius 1 is 1.50 bits per heavy atom. The van der Waals surface area contributed by atoms with Gasteiger partial charge in [-0.2, -0.15) is 0 Å². The first-order chi connectivity index (χ1) is 7.72. The topological polar surface area (TPSA) is 62.3 Å². The van der Waals surface area contributed by atoms with Crippen molar-refractivity contribution in [3.63, 3.8) is 0 Å². The molecular weight excluding hydrogens is 206 g/mol. The molecule has 0 bridgehead atoms. The molecule has 0 amide bonds. The van der Waals surface area contributed by atoms with E-state index in [9.17, 15) is 9.90 Å². The van der Waals surface area contributed by atoms with E-state index in [0.717, 1.165) is 16.5 Å². The number of fused-ring (bicyclic) bond motifs is 1. The first-order valence-electron chi connectivity index (χ1n) is 5.03. The Morgan fingerprint density at radius 2 is 2.25 bits per heavy atom. The van der Waals surface area contributed by atoms with Gasteiger partial charge < -0.3 is 14.8 Å². The van der Waals surface area contributed by atoms with Crippen molar-refractivity contribution >= 4 is 16.9 Å². The van der Waals surface area contributed by atoms with Crippen LogP contribution in [0.2, 0.25) is 0 Å². The zero-order valence-corrected chi connectivity index (χ0v) is 8.93. The number of para-hydroxylation sites is 1. The molecular formula is C12H13NO3. The number of hydrogen-bond acceptors (Lipinski definition) is 3. The van der Waals surface area contributed by atoms with Crippen molar-refractivity contribution in [1.82, 2.24) is 4.98 Å². The van der Waals surface area contributed by atoms with Crippen LogP contribution in [0, 0.1) is 0 Å². The molecule has 0 aliphatic carbocycles. The smallest absolute Gasteiger partial charge is 0.308 e. The Balaban J connectivity index is 2.29. The number of nitrogens with one attached hydrogen (secondary N) is 1. The molecule has 16 heavy (non-hydrogen) atoms. The van der Waals surface area contributed by atoms with Gasteiger partial charge in [-0.3, -0.25) is 4.79 Å². The van der Waals surface area contributed by atoms with Gasteiger partial charge in [0.2, 0.25) is 0 Å². The van der Waals surface area contributed by atoms with Crippen LogP contribution < -0.4 is 0 Å². The number of ether oxygens (including phenoxy) is 1. The van der Waals surface area contributed by atoms with Crippen molar-refractivity contribution in [2.45, 2.75) is 12.5 Å². The highest BCUT2D eigenvalue weighted by Gasteiger charge is 2.16. The first-order valence-corrected chi connectivity index (χ1v) is 5.03. The third-order valence-corrected chi connectivity index (χ3v) is 2.57. The summed E-state index contributed by atoms with van der Waals surface area (Å²) in [5.74, 6) is -0.419. The molecule has 84 valence electrons. The predicted molar refractivity (Wildman–Crippen MR) is 59.9 cm³/mol. The zero-order chi connectivity index (χ0) is 11.5. The van der Waals surface area contributed by atoms with Crippen LogP contribution >= 0.6 is 0 Å². The van der Waals surface area contributed by atoms with E-state index in [1.54, 1.807) is 6.20 Å². The van der Waals surface area contributed by atoms with Crippen molar-refractivity contribution in [3.8, 4) is 0 Å². The van der Waals surface area contributed by atoms with Gasteiger partial charge in [0, 0.05) is 22.7 Å². The number of aromatic amines is 1. The molecule has 0 unspecified atom stereocenters. The molecule has 0 fully saturated rings. The summed E-state index contributed by atoms with van der Waals surface area (Å²) in [6, 6.07) is 7.63. The monoisotopic (exact) mass is 219 g/mol. The van der Waals surface area contributed by atoms with E-state index < -0.39 is 12.1 Å². The fraction of sp³-hybridized carbons (Fsp3) is 0.250. The fourth-order valence-electron chi connectivity index (χ4n) is 1.72. The quantitative estimate of drug-likeness (QED) is 0.773. The first kappa shape index (κ1) is 10.7. The molecule has 1 heterocycles. The molecule has 1 atom stereocenters. The average Bonchev–Trinajstić information content (AvgIpc) is 2.72. The van der Waals surface area contributed by atoms with E-state index in [1.165, 1.54) is 7.11 Å². The van der Waals surface area contributed by atoms with Crippen molar-refractivity contribution in [3.05, 3.63) is 36.0 Å². The van der Waals surface area contributed by atoms with Gasteiger partial charge in [0.05, 0.1) is 19.6 Å². The second-order valence-corrected chi connectivity index (χ2v) is 3.59. The number of carbonyl (C=O) groups excluding carboxylic acids is 1. The lowest BCUT2D eigenvalue weighted by molar-refractivity contribution is -0.142. The van der Waals surface area contributed by atoms with E-state index >= 15 is 0 Å². The van der Waals surface area contributed by atoms with Crippen molar-refractivity contribution in [1.29, 1.82) is 0 Å². The molecule has 1 aromatic carbocycles. The summed E-state index contributed by atoms with van der Waals surface area (Å²) in [5, 5.41) is 10.8. The Bertz CT molecular complexity index is 504. The van der Waals surface area contributed by atoms with Crippen LogP contribution in [0.15, 0.2) is 30.5 Å². The van der Waals surface area contributed by atoms with E-state index in [0.29, 0.717) is 0 Å². The lowest BCUT2D eigenvalue weighted by Gasteiger charge is -2.07. The maximum atomic E-state index is 11.1. The molecule has 0 saturated heterocycles. The molecule has 0 spiro atoms. The minimum Gasteiger partial charge on any atom is -0.469 e. The molecule has 0 radical (unpaired) electrons. The predicted octanol–water partition coefficient (Wildman–Crippen LogP) is 1.76. The Hall–Kier alpha value is -1.81. The van der Waals surface area contributed by atoms with E-state index in [1.807, 2.05) is 24.3 Å². The number of aliphatic hydroxyl groups excluding tert-OH is 1. The molecule has 0 aliphatic heterocycles. The second-order valence-electron chi connectivity index (χ2n) is 3.59. The largest absolute Gasteiger partial charge is 0.469 e. The number of benzene rings is 1. The summed E-state index contributed by atoms with van der Waals surface area (Å²) >= 11 is 0. The molecule has 2 N–H and O–H groups in total. The summed E-state index contributed by atoms with van der Waals surface area (Å²) in [7, 11) is 1.31. The van der Waals surface area contributed by atoms with E-state index in [4.69, 9.17) is 0 Å². The number of rotatable bonds is 3. The van der Waals surface area contributed by atoms with Crippen LogP contribution in [0.1, 0.15) is 18.1 Å². The Morgan fingerprint density at radius 3 is 3.00 bits per heavy atom. The average molecular weight is 219 g/mol. The second kappa shape index (κ2) is 4.37. The summed E-state index contributed by atoms with van der Waals surface area (Å²) in [5.41, 5.74) is 1.67. The lowest BCUT2D eigenvalue weighted by Crippen LogP contribution is -2.07. The van der Waals surface area contributed by atoms with Crippen LogP contribution in [0.3, 0.4) is 0 Å². The summed E-state index contributed by atoms with van der Waals surface area (Å²) in [6.45, 7) is 0. The standard InChI is InChI=1S/C12H13NO3/c1-16-12(15)6-11(14)9-7-13-10-5-3-2-4-8(9)10/h2-5,7,11,13-14H,6H2,1H3/t11-/m0/s1. The number of hydrogen-bond donors (Lipinski definition) is 2. The van der Waals surface area contributed by atoms with Gasteiger partial charge >= 0.3 is 5.97 Å². The number of aromatic nitrogens is 1. The highest BCUT2D eigenvalue weighted by molar-refractivity contribution is 5.84. The molecule has 0 aliphatic rings. The van der Waals surface area contributed by atoms with Crippen molar-refractivity contribution in [2.24, 2.45) is 0 Å². The summed E-state index contributed by atoms with van der Waals surface area (Å²) in [6.07, 6.45) is 0.861. The van der Waals surface area contributed by atoms with E-state index in [2.05, 4.69) is 9.72 Å². The van der Waals surface area contributed by atoms with Gasteiger partial charge in [-0.15, -0.1) is 0 Å². The third-order valence-electron chi connectivity index (χ3n) is 2.57. The minimum atomic E-state index is -0.830. The third kappa shape index (κ3) is 1.92. The Labute approximate surface area is 92.9 Å². The number of carbonyl (C=O) groups is 1. The number of H-pyrrole nitrogens is 1. The van der Waals surface area contributed by atoms with Gasteiger partial charge in [0.1, 0.15) is 0 Å². The fourth-order valence-corrected chi connectivity index (χ4v) is 1.72. The summed E-state index contributed by atoms with van der Waals surface area (Å²) in [4.78, 5) is 14.1. The van der Waals surface area contributed by atoms with Gasteiger partial charge in [-0.05, 0) is 6.07 Å². The normalized spacial score (nSPS) is 12.6. The zero-order valence-electron chi connectivity index (χ0n) is 8.93. The molecule has 4 heteroatoms. The van der Waals surface area contributed by atoms with Crippen LogP contribution in [-0.2, 0) is 9.53 Å². The van der Waals surface area contributed by atoms with Gasteiger partial charge in [0.15, 0.2) is 0 Å². The highest BCUT2D eigenvalue weighted by atomic mass is 16.5. The van der Waals surface area contributed by atoms with Gasteiger partial charge in [0.25, 0.3) is 0 Å². The SMILES string of the molecule is COC(=O)C[C@H](O)c1c[nH]c2ccccc12. The lowest BCUT2D eigenvalue weighted by atomic mass is 10.1. The number of esters is 1. The van der Waals surface area contributed by atoms with Gasteiger partial charge in [-0.25, -0.2) is 0 Å². The van der Waals surface area contributed by atoms with Gasteiger partial charge in [-0.1, -0.05) is 18.2 Å². The molecule has 2 rings (SSSR count). The van der Waals surface area contributed by atoms with Crippen LogP contribution in [0.4, 0.5) is 0 Å². The highest BCUT2D eigenvalue weighted by Crippen LogP contribution is 2.25.